The van der Waals surface area contributed by atoms with Crippen LogP contribution in [0, 0.1) is 0 Å². The fourth-order valence-electron chi connectivity index (χ4n) is 2.00. The van der Waals surface area contributed by atoms with Gasteiger partial charge in [0.05, 0.1) is 5.02 Å². The van der Waals surface area contributed by atoms with Gasteiger partial charge in [0.25, 0.3) is 0 Å². The molecule has 1 heterocycles. The number of hydrogen-bond acceptors (Lipinski definition) is 3. The SMILES string of the molecule is OC(CSc1ccc(Cl)cc1)c1cc2cccc(Cl)c2o1. The Morgan fingerprint density at radius 2 is 1.86 bits per heavy atom. The minimum absolute atomic E-state index is 0.499. The third-order valence-corrected chi connectivity index (χ3v) is 4.70. The van der Waals surface area contributed by atoms with E-state index in [-0.39, 0.29) is 0 Å². The fraction of sp³-hybridized carbons (Fsp3) is 0.125. The van der Waals surface area contributed by atoms with Crippen LogP contribution < -0.4 is 0 Å². The van der Waals surface area contributed by atoms with E-state index in [4.69, 9.17) is 27.6 Å². The molecule has 0 saturated heterocycles. The Labute approximate surface area is 136 Å². The van der Waals surface area contributed by atoms with Crippen molar-refractivity contribution in [2.24, 2.45) is 0 Å². The van der Waals surface area contributed by atoms with Crippen molar-refractivity contribution in [2.75, 3.05) is 5.75 Å². The number of aliphatic hydroxyl groups is 1. The molecule has 0 spiro atoms. The van der Waals surface area contributed by atoms with E-state index in [0.29, 0.717) is 27.1 Å². The van der Waals surface area contributed by atoms with Crippen LogP contribution in [0.4, 0.5) is 0 Å². The van der Waals surface area contributed by atoms with Crippen LogP contribution in [0.5, 0.6) is 0 Å². The highest BCUT2D eigenvalue weighted by Crippen LogP contribution is 2.32. The molecule has 0 amide bonds. The number of para-hydroxylation sites is 1. The molecule has 2 nitrogen and oxygen atoms in total. The van der Waals surface area contributed by atoms with Gasteiger partial charge < -0.3 is 9.52 Å². The number of benzene rings is 2. The standard InChI is InChI=1S/C16H12Cl2O2S/c17-11-4-6-12(7-5-11)21-9-14(19)15-8-10-2-1-3-13(18)16(10)20-15/h1-8,14,19H,9H2. The molecular formula is C16H12Cl2O2S. The summed E-state index contributed by atoms with van der Waals surface area (Å²) in [5.74, 6) is 1.03. The second kappa shape index (κ2) is 6.32. The maximum Gasteiger partial charge on any atom is 0.152 e. The van der Waals surface area contributed by atoms with Crippen LogP contribution in [0.1, 0.15) is 11.9 Å². The maximum absolute atomic E-state index is 10.2. The number of rotatable bonds is 4. The summed E-state index contributed by atoms with van der Waals surface area (Å²) in [5.41, 5.74) is 0.615. The van der Waals surface area contributed by atoms with E-state index in [2.05, 4.69) is 0 Å². The van der Waals surface area contributed by atoms with Crippen LogP contribution in [-0.2, 0) is 0 Å². The average Bonchev–Trinajstić information content (AvgIpc) is 2.92. The van der Waals surface area contributed by atoms with Gasteiger partial charge in [-0.05, 0) is 36.4 Å². The third kappa shape index (κ3) is 3.38. The molecule has 0 aliphatic heterocycles. The summed E-state index contributed by atoms with van der Waals surface area (Å²) >= 11 is 13.5. The highest BCUT2D eigenvalue weighted by molar-refractivity contribution is 7.99. The van der Waals surface area contributed by atoms with Crippen molar-refractivity contribution in [3.63, 3.8) is 0 Å². The number of thioether (sulfide) groups is 1. The topological polar surface area (TPSA) is 33.4 Å². The number of aliphatic hydroxyl groups excluding tert-OH is 1. The summed E-state index contributed by atoms with van der Waals surface area (Å²) < 4.78 is 5.65. The van der Waals surface area contributed by atoms with Crippen molar-refractivity contribution >= 4 is 45.9 Å². The van der Waals surface area contributed by atoms with Crippen molar-refractivity contribution in [3.05, 3.63) is 64.3 Å². The normalized spacial score (nSPS) is 12.7. The van der Waals surface area contributed by atoms with Crippen LogP contribution in [0.2, 0.25) is 10.0 Å². The summed E-state index contributed by atoms with van der Waals surface area (Å²) in [5, 5.41) is 12.4. The summed E-state index contributed by atoms with van der Waals surface area (Å²) in [6.45, 7) is 0. The highest BCUT2D eigenvalue weighted by atomic mass is 35.5. The van der Waals surface area contributed by atoms with E-state index < -0.39 is 6.10 Å². The Morgan fingerprint density at radius 1 is 1.10 bits per heavy atom. The van der Waals surface area contributed by atoms with E-state index in [0.717, 1.165) is 10.3 Å². The quantitative estimate of drug-likeness (QED) is 0.631. The van der Waals surface area contributed by atoms with Crippen molar-refractivity contribution in [3.8, 4) is 0 Å². The van der Waals surface area contributed by atoms with Crippen molar-refractivity contribution in [1.82, 2.24) is 0 Å². The van der Waals surface area contributed by atoms with Gasteiger partial charge in [-0.25, -0.2) is 0 Å². The summed E-state index contributed by atoms with van der Waals surface area (Å²) in [7, 11) is 0. The number of furan rings is 1. The zero-order valence-electron chi connectivity index (χ0n) is 10.9. The van der Waals surface area contributed by atoms with Crippen LogP contribution in [0.25, 0.3) is 11.0 Å². The molecule has 0 aliphatic carbocycles. The van der Waals surface area contributed by atoms with E-state index in [9.17, 15) is 5.11 Å². The predicted octanol–water partition coefficient (Wildman–Crippen LogP) is 5.57. The maximum atomic E-state index is 10.2. The second-order valence-corrected chi connectivity index (χ2v) is 6.52. The molecule has 0 aliphatic rings. The van der Waals surface area contributed by atoms with Gasteiger partial charge in [0.15, 0.2) is 5.58 Å². The molecular weight excluding hydrogens is 327 g/mol. The van der Waals surface area contributed by atoms with Crippen LogP contribution >= 0.6 is 35.0 Å². The predicted molar refractivity (Wildman–Crippen MR) is 88.4 cm³/mol. The Kier molecular flexibility index (Phi) is 4.45. The molecule has 2 aromatic carbocycles. The zero-order valence-corrected chi connectivity index (χ0v) is 13.3. The molecule has 5 heteroatoms. The van der Waals surface area contributed by atoms with Gasteiger partial charge in [-0.1, -0.05) is 35.3 Å². The van der Waals surface area contributed by atoms with E-state index >= 15 is 0 Å². The first-order chi connectivity index (χ1) is 10.1. The largest absolute Gasteiger partial charge is 0.457 e. The second-order valence-electron chi connectivity index (χ2n) is 4.59. The molecule has 0 fully saturated rings. The molecule has 21 heavy (non-hydrogen) atoms. The van der Waals surface area contributed by atoms with E-state index in [1.165, 1.54) is 0 Å². The lowest BCUT2D eigenvalue weighted by Gasteiger charge is -2.07. The molecule has 108 valence electrons. The molecule has 0 saturated carbocycles. The van der Waals surface area contributed by atoms with Gasteiger partial charge in [0.1, 0.15) is 11.9 Å². The molecule has 3 rings (SSSR count). The first-order valence-electron chi connectivity index (χ1n) is 6.38. The van der Waals surface area contributed by atoms with Gasteiger partial charge in [-0.3, -0.25) is 0 Å². The minimum atomic E-state index is -0.686. The van der Waals surface area contributed by atoms with Crippen molar-refractivity contribution < 1.29 is 9.52 Å². The monoisotopic (exact) mass is 338 g/mol. The van der Waals surface area contributed by atoms with Gasteiger partial charge >= 0.3 is 0 Å². The lowest BCUT2D eigenvalue weighted by atomic mass is 10.2. The minimum Gasteiger partial charge on any atom is -0.457 e. The molecule has 0 radical (unpaired) electrons. The summed E-state index contributed by atoms with van der Waals surface area (Å²) in [4.78, 5) is 1.05. The Bertz CT molecular complexity index is 753. The first kappa shape index (κ1) is 14.8. The molecule has 1 N–H and O–H groups in total. The van der Waals surface area contributed by atoms with Crippen molar-refractivity contribution in [1.29, 1.82) is 0 Å². The third-order valence-electron chi connectivity index (χ3n) is 3.07. The first-order valence-corrected chi connectivity index (χ1v) is 8.12. The highest BCUT2D eigenvalue weighted by Gasteiger charge is 2.15. The molecule has 1 aromatic heterocycles. The number of fused-ring (bicyclic) bond motifs is 1. The Hall–Kier alpha value is -1.13. The number of halogens is 2. The molecule has 1 unspecified atom stereocenters. The van der Waals surface area contributed by atoms with E-state index in [1.807, 2.05) is 42.5 Å². The van der Waals surface area contributed by atoms with Gasteiger partial charge in [0, 0.05) is 21.1 Å². The zero-order chi connectivity index (χ0) is 14.8. The van der Waals surface area contributed by atoms with Gasteiger partial charge in [0.2, 0.25) is 0 Å². The van der Waals surface area contributed by atoms with Crippen molar-refractivity contribution in [2.45, 2.75) is 11.0 Å². The van der Waals surface area contributed by atoms with Crippen LogP contribution in [0.3, 0.4) is 0 Å². The lowest BCUT2D eigenvalue weighted by Crippen LogP contribution is -1.98. The summed E-state index contributed by atoms with van der Waals surface area (Å²) in [6.07, 6.45) is -0.686. The molecule has 0 bridgehead atoms. The van der Waals surface area contributed by atoms with Crippen LogP contribution in [0.15, 0.2) is 57.8 Å². The van der Waals surface area contributed by atoms with E-state index in [1.54, 1.807) is 17.8 Å². The summed E-state index contributed by atoms with van der Waals surface area (Å²) in [6, 6.07) is 14.9. The number of hydrogen-bond donors (Lipinski definition) is 1. The Morgan fingerprint density at radius 3 is 2.57 bits per heavy atom. The van der Waals surface area contributed by atoms with Gasteiger partial charge in [-0.2, -0.15) is 0 Å². The lowest BCUT2D eigenvalue weighted by molar-refractivity contribution is 0.177. The molecule has 1 atom stereocenters. The Balaban J connectivity index is 1.73. The average molecular weight is 339 g/mol. The van der Waals surface area contributed by atoms with Crippen LogP contribution in [-0.4, -0.2) is 10.9 Å². The van der Waals surface area contributed by atoms with Gasteiger partial charge in [-0.15, -0.1) is 11.8 Å². The smallest absolute Gasteiger partial charge is 0.152 e. The molecule has 3 aromatic rings. The fourth-order valence-corrected chi connectivity index (χ4v) is 3.19.